The zero-order valence-corrected chi connectivity index (χ0v) is 17.8. The molecule has 1 aromatic heterocycles. The van der Waals surface area contributed by atoms with Gasteiger partial charge in [0.25, 0.3) is 5.95 Å². The molecule has 0 saturated heterocycles. The van der Waals surface area contributed by atoms with E-state index in [9.17, 15) is 4.79 Å². The first-order valence-electron chi connectivity index (χ1n) is 9.72. The summed E-state index contributed by atoms with van der Waals surface area (Å²) in [6.45, 7) is 6.19. The Morgan fingerprint density at radius 1 is 1.07 bits per heavy atom. The van der Waals surface area contributed by atoms with Gasteiger partial charge >= 0.3 is 0 Å². The Hall–Kier alpha value is -2.89. The van der Waals surface area contributed by atoms with Gasteiger partial charge in [-0.1, -0.05) is 19.9 Å². The lowest BCUT2D eigenvalue weighted by Crippen LogP contribution is -2.33. The zero-order chi connectivity index (χ0) is 20.9. The molecule has 0 amide bonds. The summed E-state index contributed by atoms with van der Waals surface area (Å²) < 4.78 is 22.3. The van der Waals surface area contributed by atoms with E-state index in [1.165, 1.54) is 0 Å². The number of methoxy groups -OCH3 is 3. The van der Waals surface area contributed by atoms with E-state index in [0.29, 0.717) is 29.8 Å². The van der Waals surface area contributed by atoms with E-state index >= 15 is 0 Å². The van der Waals surface area contributed by atoms with Crippen molar-refractivity contribution < 1.29 is 23.4 Å². The van der Waals surface area contributed by atoms with Gasteiger partial charge in [-0.25, -0.2) is 0 Å². The maximum absolute atomic E-state index is 13.3. The van der Waals surface area contributed by atoms with E-state index in [1.54, 1.807) is 21.3 Å². The van der Waals surface area contributed by atoms with Crippen LogP contribution in [0.15, 0.2) is 33.9 Å². The minimum atomic E-state index is -0.252. The molecular weight excluding hydrogens is 370 g/mol. The van der Waals surface area contributed by atoms with Gasteiger partial charge in [0, 0.05) is 34.7 Å². The van der Waals surface area contributed by atoms with Crippen molar-refractivity contribution in [3.8, 4) is 17.4 Å². The highest BCUT2D eigenvalue weighted by Crippen LogP contribution is 2.53. The number of fused-ring (bicyclic) bond motifs is 1. The Kier molecular flexibility index (Phi) is 4.60. The molecule has 0 fully saturated rings. The van der Waals surface area contributed by atoms with Crippen LogP contribution in [0.3, 0.4) is 0 Å². The Labute approximate surface area is 170 Å². The molecule has 0 spiro atoms. The van der Waals surface area contributed by atoms with E-state index in [2.05, 4.69) is 19.2 Å². The minimum Gasteiger partial charge on any atom is -0.493 e. The maximum atomic E-state index is 13.3. The number of allylic oxidation sites excluding steroid dienone is 2. The number of anilines is 1. The first-order chi connectivity index (χ1) is 13.8. The number of carbonyl (C=O) groups is 1. The molecule has 1 N–H and O–H groups in total. The molecular formula is C23H27NO5. The normalized spacial score (nSPS) is 19.9. The van der Waals surface area contributed by atoms with E-state index in [1.807, 2.05) is 25.1 Å². The third-order valence-electron chi connectivity index (χ3n) is 5.84. The maximum Gasteiger partial charge on any atom is 0.289 e. The van der Waals surface area contributed by atoms with Crippen LogP contribution in [0, 0.1) is 12.3 Å². The quantitative estimate of drug-likeness (QED) is 0.798. The molecule has 2 aliphatic rings. The predicted octanol–water partition coefficient (Wildman–Crippen LogP) is 4.81. The number of carbonyl (C=O) groups excluding carboxylic acids is 1. The van der Waals surface area contributed by atoms with Crippen LogP contribution in [0.4, 0.5) is 5.88 Å². The first-order valence-corrected chi connectivity index (χ1v) is 9.72. The smallest absolute Gasteiger partial charge is 0.289 e. The van der Waals surface area contributed by atoms with Gasteiger partial charge in [0.2, 0.25) is 5.88 Å². The number of ether oxygens (including phenoxy) is 3. The van der Waals surface area contributed by atoms with Crippen molar-refractivity contribution in [2.24, 2.45) is 5.41 Å². The lowest BCUT2D eigenvalue weighted by atomic mass is 9.69. The highest BCUT2D eigenvalue weighted by atomic mass is 16.6. The van der Waals surface area contributed by atoms with Gasteiger partial charge in [0.1, 0.15) is 0 Å². The van der Waals surface area contributed by atoms with Crippen LogP contribution in [0.1, 0.15) is 49.3 Å². The average molecular weight is 397 g/mol. The van der Waals surface area contributed by atoms with Crippen LogP contribution in [0.25, 0.3) is 0 Å². The van der Waals surface area contributed by atoms with Crippen molar-refractivity contribution in [2.45, 2.75) is 39.5 Å². The van der Waals surface area contributed by atoms with Crippen molar-refractivity contribution in [3.05, 3.63) is 46.2 Å². The van der Waals surface area contributed by atoms with Crippen LogP contribution in [0.2, 0.25) is 0 Å². The van der Waals surface area contributed by atoms with Crippen molar-refractivity contribution >= 4 is 11.7 Å². The molecule has 4 rings (SSSR count). The minimum absolute atomic E-state index is 0.103. The molecule has 0 radical (unpaired) electrons. The topological polar surface area (TPSA) is 69.9 Å². The van der Waals surface area contributed by atoms with E-state index in [4.69, 9.17) is 18.6 Å². The fourth-order valence-electron chi connectivity index (χ4n) is 4.57. The molecule has 29 heavy (non-hydrogen) atoms. The Morgan fingerprint density at radius 2 is 1.79 bits per heavy atom. The summed E-state index contributed by atoms with van der Waals surface area (Å²) in [7, 11) is 4.81. The van der Waals surface area contributed by atoms with Crippen LogP contribution >= 0.6 is 0 Å². The number of ketones is 1. The number of nitrogens with one attached hydrogen (secondary N) is 1. The van der Waals surface area contributed by atoms with Crippen molar-refractivity contribution in [3.63, 3.8) is 0 Å². The summed E-state index contributed by atoms with van der Waals surface area (Å²) in [5, 5.41) is 3.39. The number of rotatable bonds is 4. The highest BCUT2D eigenvalue weighted by Gasteiger charge is 2.43. The van der Waals surface area contributed by atoms with Crippen LogP contribution < -0.4 is 19.5 Å². The van der Waals surface area contributed by atoms with Crippen molar-refractivity contribution in [1.82, 2.24) is 0 Å². The molecule has 2 heterocycles. The lowest BCUT2D eigenvalue weighted by Gasteiger charge is -2.38. The molecule has 1 atom stereocenters. The standard InChI is InChI=1S/C23H27NO5/c1-12-18-19(13-7-8-16(26-4)17(9-13)27-5)20-14(10-23(2,3)11-15(20)25)24-21(18)29-22(12)28-6/h7-9,19,24H,10-11H2,1-6H3. The number of hydrogen-bond acceptors (Lipinski definition) is 6. The number of furan rings is 1. The summed E-state index contributed by atoms with van der Waals surface area (Å²) in [6, 6.07) is 5.80. The summed E-state index contributed by atoms with van der Waals surface area (Å²) in [4.78, 5) is 13.3. The largest absolute Gasteiger partial charge is 0.493 e. The number of Topliss-reactive ketones (excluding diaryl/α,β-unsaturated/α-hetero) is 1. The van der Waals surface area contributed by atoms with Crippen LogP contribution in [-0.2, 0) is 4.79 Å². The molecule has 154 valence electrons. The molecule has 6 nitrogen and oxygen atoms in total. The van der Waals surface area contributed by atoms with Gasteiger partial charge in [0.15, 0.2) is 17.3 Å². The Balaban J connectivity index is 1.95. The zero-order valence-electron chi connectivity index (χ0n) is 17.8. The molecule has 1 aliphatic heterocycles. The van der Waals surface area contributed by atoms with Crippen LogP contribution in [-0.4, -0.2) is 27.1 Å². The third kappa shape index (κ3) is 3.07. The summed E-state index contributed by atoms with van der Waals surface area (Å²) in [6.07, 6.45) is 1.29. The van der Waals surface area contributed by atoms with Crippen LogP contribution in [0.5, 0.6) is 17.4 Å². The summed E-state index contributed by atoms with van der Waals surface area (Å²) >= 11 is 0. The molecule has 1 unspecified atom stereocenters. The van der Waals surface area contributed by atoms with E-state index < -0.39 is 0 Å². The van der Waals surface area contributed by atoms with E-state index in [0.717, 1.165) is 34.4 Å². The van der Waals surface area contributed by atoms with Gasteiger partial charge in [0.05, 0.1) is 21.3 Å². The summed E-state index contributed by atoms with van der Waals surface area (Å²) in [5.74, 6) is 2.29. The Bertz CT molecular complexity index is 1010. The number of benzene rings is 1. The fourth-order valence-corrected chi connectivity index (χ4v) is 4.57. The predicted molar refractivity (Wildman–Crippen MR) is 110 cm³/mol. The van der Waals surface area contributed by atoms with Gasteiger partial charge in [-0.05, 0) is 36.5 Å². The SMILES string of the molecule is COc1ccc(C2C3=C(CC(C)(C)CC3=O)Nc3oc(OC)c(C)c32)cc1OC. The molecule has 1 aliphatic carbocycles. The second kappa shape index (κ2) is 6.87. The second-order valence-corrected chi connectivity index (χ2v) is 8.47. The van der Waals surface area contributed by atoms with Crippen molar-refractivity contribution in [2.75, 3.05) is 26.6 Å². The monoisotopic (exact) mass is 397 g/mol. The first kappa shape index (κ1) is 19.4. The van der Waals surface area contributed by atoms with Gasteiger partial charge in [-0.15, -0.1) is 0 Å². The van der Waals surface area contributed by atoms with Gasteiger partial charge in [-0.3, -0.25) is 4.79 Å². The lowest BCUT2D eigenvalue weighted by molar-refractivity contribution is -0.118. The molecule has 1 aromatic carbocycles. The Morgan fingerprint density at radius 3 is 2.45 bits per heavy atom. The third-order valence-corrected chi connectivity index (χ3v) is 5.84. The molecule has 2 aromatic rings. The highest BCUT2D eigenvalue weighted by molar-refractivity contribution is 6.01. The average Bonchev–Trinajstić information content (AvgIpc) is 3.00. The molecule has 0 saturated carbocycles. The number of hydrogen-bond donors (Lipinski definition) is 1. The van der Waals surface area contributed by atoms with Gasteiger partial charge in [-0.2, -0.15) is 0 Å². The second-order valence-electron chi connectivity index (χ2n) is 8.47. The molecule has 6 heteroatoms. The van der Waals surface area contributed by atoms with Gasteiger partial charge < -0.3 is 23.9 Å². The fraction of sp³-hybridized carbons (Fsp3) is 0.435. The molecule has 0 bridgehead atoms. The van der Waals surface area contributed by atoms with E-state index in [-0.39, 0.29) is 17.1 Å². The van der Waals surface area contributed by atoms with Crippen molar-refractivity contribution in [1.29, 1.82) is 0 Å². The summed E-state index contributed by atoms with van der Waals surface area (Å²) in [5.41, 5.74) is 4.40.